The maximum Gasteiger partial charge on any atom is 0.419 e. The highest BCUT2D eigenvalue weighted by Crippen LogP contribution is 2.48. The van der Waals surface area contributed by atoms with Crippen molar-refractivity contribution in [1.82, 2.24) is 0 Å². The van der Waals surface area contributed by atoms with Gasteiger partial charge in [0.05, 0.1) is 5.56 Å². The number of rotatable bonds is 2. The molecule has 6 heteroatoms. The summed E-state index contributed by atoms with van der Waals surface area (Å²) in [5.74, 6) is -1.64. The van der Waals surface area contributed by atoms with Crippen LogP contribution in [-0.4, -0.2) is 11.8 Å². The Balaban J connectivity index is 1.88. The molecule has 3 rings (SSSR count). The Morgan fingerprint density at radius 2 is 1.86 bits per heavy atom. The first-order valence-corrected chi connectivity index (χ1v) is 6.95. The van der Waals surface area contributed by atoms with Crippen molar-refractivity contribution in [2.24, 2.45) is 23.5 Å². The van der Waals surface area contributed by atoms with Gasteiger partial charge in [0, 0.05) is 17.5 Å². The minimum Gasteiger partial charge on any atom is -0.327 e. The van der Waals surface area contributed by atoms with Crippen molar-refractivity contribution in [3.63, 3.8) is 0 Å². The number of Topliss-reactive ketones (excluding diaryl/α,β-unsaturated/α-hetero) is 1. The van der Waals surface area contributed by atoms with E-state index < -0.39 is 17.6 Å². The average molecular weight is 301 g/mol. The van der Waals surface area contributed by atoms with E-state index in [4.69, 9.17) is 5.73 Å². The maximum atomic E-state index is 13.6. The molecule has 21 heavy (non-hydrogen) atoms. The second kappa shape index (κ2) is 4.80. The van der Waals surface area contributed by atoms with E-state index in [1.807, 2.05) is 0 Å². The molecular weight excluding hydrogens is 286 g/mol. The molecule has 2 N–H and O–H groups in total. The third-order valence-electron chi connectivity index (χ3n) is 4.84. The summed E-state index contributed by atoms with van der Waals surface area (Å²) in [6.07, 6.45) is -1.95. The third-order valence-corrected chi connectivity index (χ3v) is 4.84. The van der Waals surface area contributed by atoms with E-state index in [1.165, 1.54) is 0 Å². The van der Waals surface area contributed by atoms with Crippen molar-refractivity contribution in [2.45, 2.75) is 31.5 Å². The van der Waals surface area contributed by atoms with Crippen molar-refractivity contribution in [3.05, 3.63) is 35.1 Å². The Morgan fingerprint density at radius 1 is 1.19 bits per heavy atom. The Labute approximate surface area is 119 Å². The summed E-state index contributed by atoms with van der Waals surface area (Å²) in [7, 11) is 0. The molecule has 2 fully saturated rings. The minimum atomic E-state index is -4.76. The zero-order valence-corrected chi connectivity index (χ0v) is 11.2. The van der Waals surface area contributed by atoms with Gasteiger partial charge >= 0.3 is 6.18 Å². The number of carbonyl (C=O) groups is 1. The number of benzene rings is 1. The predicted octanol–water partition coefficient (Wildman–Crippen LogP) is 3.40. The van der Waals surface area contributed by atoms with Crippen LogP contribution in [-0.2, 0) is 6.18 Å². The number of ketones is 1. The van der Waals surface area contributed by atoms with Gasteiger partial charge in [0.1, 0.15) is 5.82 Å². The second-order valence-electron chi connectivity index (χ2n) is 5.99. The van der Waals surface area contributed by atoms with Gasteiger partial charge in [0.2, 0.25) is 0 Å². The molecule has 2 nitrogen and oxygen atoms in total. The molecule has 0 aromatic heterocycles. The Bertz CT molecular complexity index is 582. The molecule has 2 bridgehead atoms. The molecule has 4 atom stereocenters. The minimum absolute atomic E-state index is 0.0199. The van der Waals surface area contributed by atoms with Crippen molar-refractivity contribution in [2.75, 3.05) is 0 Å². The molecule has 0 radical (unpaired) electrons. The molecular formula is C15H15F4NO. The summed E-state index contributed by atoms with van der Waals surface area (Å²) in [5, 5.41) is 0. The van der Waals surface area contributed by atoms with E-state index in [0.717, 1.165) is 25.3 Å². The van der Waals surface area contributed by atoms with Crippen LogP contribution < -0.4 is 5.73 Å². The van der Waals surface area contributed by atoms with Gasteiger partial charge in [-0.05, 0) is 43.2 Å². The normalized spacial score (nSPS) is 31.7. The molecule has 0 amide bonds. The highest BCUT2D eigenvalue weighted by Gasteiger charge is 2.49. The lowest BCUT2D eigenvalue weighted by Gasteiger charge is -2.27. The van der Waals surface area contributed by atoms with Crippen LogP contribution in [0.15, 0.2) is 18.2 Å². The molecule has 0 aliphatic heterocycles. The lowest BCUT2D eigenvalue weighted by molar-refractivity contribution is -0.140. The fraction of sp³-hybridized carbons (Fsp3) is 0.533. The zero-order valence-electron chi connectivity index (χ0n) is 11.2. The van der Waals surface area contributed by atoms with E-state index in [0.29, 0.717) is 18.1 Å². The Kier molecular flexibility index (Phi) is 3.31. The van der Waals surface area contributed by atoms with Crippen LogP contribution in [0.25, 0.3) is 0 Å². The van der Waals surface area contributed by atoms with Crippen molar-refractivity contribution in [3.8, 4) is 0 Å². The highest BCUT2D eigenvalue weighted by molar-refractivity contribution is 5.99. The summed E-state index contributed by atoms with van der Waals surface area (Å²) < 4.78 is 51.1. The van der Waals surface area contributed by atoms with E-state index in [9.17, 15) is 22.4 Å². The van der Waals surface area contributed by atoms with Gasteiger partial charge in [-0.15, -0.1) is 0 Å². The Morgan fingerprint density at radius 3 is 2.38 bits per heavy atom. The number of halogens is 4. The number of alkyl halides is 3. The lowest BCUT2D eigenvalue weighted by atomic mass is 9.80. The predicted molar refractivity (Wildman–Crippen MR) is 68.0 cm³/mol. The molecule has 4 unspecified atom stereocenters. The van der Waals surface area contributed by atoms with Crippen molar-refractivity contribution in [1.29, 1.82) is 0 Å². The van der Waals surface area contributed by atoms with E-state index >= 15 is 0 Å². The Hall–Kier alpha value is -1.43. The second-order valence-corrected chi connectivity index (χ2v) is 5.99. The largest absolute Gasteiger partial charge is 0.419 e. The number of fused-ring (bicyclic) bond motifs is 2. The standard InChI is InChI=1S/C15H15F4NO/c16-11-6-9(3-4-10(11)15(17,18)19)14(21)12-7-1-2-8(5-7)13(12)20/h3-4,6-8,12-13H,1-2,5,20H2. The summed E-state index contributed by atoms with van der Waals surface area (Å²) in [5.41, 5.74) is 4.67. The first-order valence-electron chi connectivity index (χ1n) is 6.95. The summed E-state index contributed by atoms with van der Waals surface area (Å²) >= 11 is 0. The first kappa shape index (κ1) is 14.5. The average Bonchev–Trinajstić information content (AvgIpc) is 2.97. The first-order chi connectivity index (χ1) is 9.79. The van der Waals surface area contributed by atoms with Gasteiger partial charge < -0.3 is 5.73 Å². The van der Waals surface area contributed by atoms with Gasteiger partial charge in [-0.2, -0.15) is 13.2 Å². The van der Waals surface area contributed by atoms with E-state index in [-0.39, 0.29) is 29.2 Å². The fourth-order valence-corrected chi connectivity index (χ4v) is 3.82. The van der Waals surface area contributed by atoms with Crippen molar-refractivity contribution >= 4 is 5.78 Å². The molecule has 2 aliphatic rings. The number of carbonyl (C=O) groups excluding carboxylic acids is 1. The molecule has 0 spiro atoms. The summed E-state index contributed by atoms with van der Waals surface area (Å²) in [6, 6.07) is 2.10. The molecule has 2 saturated carbocycles. The van der Waals surface area contributed by atoms with E-state index in [1.54, 1.807) is 0 Å². The molecule has 1 aromatic carbocycles. The molecule has 114 valence electrons. The number of hydrogen-bond donors (Lipinski definition) is 1. The highest BCUT2D eigenvalue weighted by atomic mass is 19.4. The number of nitrogens with two attached hydrogens (primary N) is 1. The quantitative estimate of drug-likeness (QED) is 0.672. The summed E-state index contributed by atoms with van der Waals surface area (Å²) in [6.45, 7) is 0. The molecule has 0 saturated heterocycles. The molecule has 2 aliphatic carbocycles. The number of hydrogen-bond acceptors (Lipinski definition) is 2. The van der Waals surface area contributed by atoms with Crippen LogP contribution in [0.3, 0.4) is 0 Å². The zero-order chi connectivity index (χ0) is 15.4. The van der Waals surface area contributed by atoms with Gasteiger partial charge in [0.25, 0.3) is 0 Å². The SMILES string of the molecule is NC1C2CCC(C2)C1C(=O)c1ccc(C(F)(F)F)c(F)c1. The van der Waals surface area contributed by atoms with Crippen LogP contribution in [0.1, 0.15) is 35.2 Å². The smallest absolute Gasteiger partial charge is 0.327 e. The molecule has 1 aromatic rings. The van der Waals surface area contributed by atoms with Gasteiger partial charge in [-0.3, -0.25) is 4.79 Å². The van der Waals surface area contributed by atoms with Crippen LogP contribution >= 0.6 is 0 Å². The maximum absolute atomic E-state index is 13.6. The topological polar surface area (TPSA) is 43.1 Å². The summed E-state index contributed by atoms with van der Waals surface area (Å²) in [4.78, 5) is 12.4. The van der Waals surface area contributed by atoms with Gasteiger partial charge in [-0.25, -0.2) is 4.39 Å². The van der Waals surface area contributed by atoms with E-state index in [2.05, 4.69) is 0 Å². The van der Waals surface area contributed by atoms with Gasteiger partial charge in [0.15, 0.2) is 5.78 Å². The van der Waals surface area contributed by atoms with Crippen molar-refractivity contribution < 1.29 is 22.4 Å². The van der Waals surface area contributed by atoms with Crippen LogP contribution in [0.5, 0.6) is 0 Å². The lowest BCUT2D eigenvalue weighted by Crippen LogP contribution is -2.40. The monoisotopic (exact) mass is 301 g/mol. The van der Waals surface area contributed by atoms with Gasteiger partial charge in [-0.1, -0.05) is 6.07 Å². The van der Waals surface area contributed by atoms with Crippen LogP contribution in [0.2, 0.25) is 0 Å². The van der Waals surface area contributed by atoms with Crippen LogP contribution in [0, 0.1) is 23.6 Å². The fourth-order valence-electron chi connectivity index (χ4n) is 3.82. The van der Waals surface area contributed by atoms with Crippen LogP contribution in [0.4, 0.5) is 17.6 Å². The molecule has 0 heterocycles. The third kappa shape index (κ3) is 2.35.